The minimum atomic E-state index is -3.24. The van der Waals surface area contributed by atoms with Gasteiger partial charge in [-0.25, -0.2) is 8.42 Å². The molecule has 0 aliphatic rings. The van der Waals surface area contributed by atoms with Crippen LogP contribution >= 0.6 is 22.9 Å². The minimum absolute atomic E-state index is 0.000886. The van der Waals surface area contributed by atoms with Gasteiger partial charge in [0.15, 0.2) is 0 Å². The zero-order chi connectivity index (χ0) is 12.2. The number of sulfonamides is 1. The van der Waals surface area contributed by atoms with E-state index in [2.05, 4.69) is 0 Å². The second-order valence-electron chi connectivity index (χ2n) is 3.27. The first-order valence-electron chi connectivity index (χ1n) is 4.63. The van der Waals surface area contributed by atoms with Gasteiger partial charge >= 0.3 is 0 Å². The molecule has 0 saturated heterocycles. The SMILES string of the molecule is COCCS(=O)(=O)N(C)Cc1ccc(Cl)s1. The number of hydrogen-bond donors (Lipinski definition) is 0. The van der Waals surface area contributed by atoms with Crippen LogP contribution in [-0.2, 0) is 21.3 Å². The summed E-state index contributed by atoms with van der Waals surface area (Å²) < 4.78 is 30.2. The lowest BCUT2D eigenvalue weighted by Crippen LogP contribution is -2.30. The summed E-state index contributed by atoms with van der Waals surface area (Å²) in [5.41, 5.74) is 0. The number of methoxy groups -OCH3 is 1. The van der Waals surface area contributed by atoms with Crippen LogP contribution in [0.25, 0.3) is 0 Å². The van der Waals surface area contributed by atoms with Gasteiger partial charge < -0.3 is 4.74 Å². The molecule has 92 valence electrons. The van der Waals surface area contributed by atoms with Crippen molar-refractivity contribution in [3.05, 3.63) is 21.3 Å². The molecule has 0 amide bonds. The normalized spacial score (nSPS) is 12.2. The van der Waals surface area contributed by atoms with Gasteiger partial charge in [0, 0.05) is 25.6 Å². The fourth-order valence-electron chi connectivity index (χ4n) is 1.10. The molecule has 1 heterocycles. The molecule has 0 unspecified atom stereocenters. The second kappa shape index (κ2) is 5.97. The first-order valence-corrected chi connectivity index (χ1v) is 7.43. The van der Waals surface area contributed by atoms with E-state index >= 15 is 0 Å². The Kier molecular flexibility index (Phi) is 5.20. The lowest BCUT2D eigenvalue weighted by atomic mass is 10.5. The van der Waals surface area contributed by atoms with Crippen molar-refractivity contribution in [3.8, 4) is 0 Å². The Morgan fingerprint density at radius 3 is 2.69 bits per heavy atom. The Labute approximate surface area is 105 Å². The van der Waals surface area contributed by atoms with Crippen LogP contribution in [0.4, 0.5) is 0 Å². The van der Waals surface area contributed by atoms with Gasteiger partial charge in [-0.1, -0.05) is 11.6 Å². The van der Waals surface area contributed by atoms with Gasteiger partial charge in [-0.05, 0) is 12.1 Å². The standard InChI is InChI=1S/C9H14ClNO3S2/c1-11(16(12,13)6-5-14-2)7-8-3-4-9(10)15-8/h3-4H,5-7H2,1-2H3. The van der Waals surface area contributed by atoms with Crippen LogP contribution in [0, 0.1) is 0 Å². The number of thiophene rings is 1. The fourth-order valence-corrected chi connectivity index (χ4v) is 3.35. The molecule has 1 aromatic rings. The molecule has 7 heteroatoms. The quantitative estimate of drug-likeness (QED) is 0.800. The Balaban J connectivity index is 2.61. The fraction of sp³-hybridized carbons (Fsp3) is 0.556. The molecule has 0 spiro atoms. The Morgan fingerprint density at radius 2 is 2.19 bits per heavy atom. The molecule has 0 aromatic carbocycles. The maximum atomic E-state index is 11.7. The second-order valence-corrected chi connectivity index (χ2v) is 7.27. The highest BCUT2D eigenvalue weighted by molar-refractivity contribution is 7.89. The average Bonchev–Trinajstić information content (AvgIpc) is 2.61. The van der Waals surface area contributed by atoms with E-state index in [1.54, 1.807) is 13.1 Å². The maximum absolute atomic E-state index is 11.7. The number of halogens is 1. The molecule has 1 rings (SSSR count). The summed E-state index contributed by atoms with van der Waals surface area (Å²) in [6.07, 6.45) is 0. The minimum Gasteiger partial charge on any atom is -0.384 e. The molecular formula is C9H14ClNO3S2. The third kappa shape index (κ3) is 4.03. The van der Waals surface area contributed by atoms with Crippen molar-refractivity contribution in [2.45, 2.75) is 6.54 Å². The van der Waals surface area contributed by atoms with Gasteiger partial charge in [0.2, 0.25) is 10.0 Å². The van der Waals surface area contributed by atoms with Crippen LogP contribution in [0.2, 0.25) is 4.34 Å². The van der Waals surface area contributed by atoms with Gasteiger partial charge in [-0.2, -0.15) is 4.31 Å². The van der Waals surface area contributed by atoms with E-state index < -0.39 is 10.0 Å². The zero-order valence-corrected chi connectivity index (χ0v) is 11.5. The third-order valence-electron chi connectivity index (χ3n) is 2.03. The maximum Gasteiger partial charge on any atom is 0.216 e. The summed E-state index contributed by atoms with van der Waals surface area (Å²) >= 11 is 7.16. The zero-order valence-electron chi connectivity index (χ0n) is 9.14. The predicted octanol–water partition coefficient (Wildman–Crippen LogP) is 1.81. The van der Waals surface area contributed by atoms with E-state index in [9.17, 15) is 8.42 Å². The number of rotatable bonds is 6. The van der Waals surface area contributed by atoms with Crippen molar-refractivity contribution in [1.82, 2.24) is 4.31 Å². The van der Waals surface area contributed by atoms with Gasteiger partial charge in [0.05, 0.1) is 16.7 Å². The molecule has 0 N–H and O–H groups in total. The van der Waals surface area contributed by atoms with Gasteiger partial charge in [0.25, 0.3) is 0 Å². The molecular weight excluding hydrogens is 270 g/mol. The summed E-state index contributed by atoms with van der Waals surface area (Å²) in [6, 6.07) is 3.59. The largest absolute Gasteiger partial charge is 0.384 e. The average molecular weight is 284 g/mol. The van der Waals surface area contributed by atoms with Crippen LogP contribution in [0.15, 0.2) is 12.1 Å². The van der Waals surface area contributed by atoms with Crippen molar-refractivity contribution in [2.24, 2.45) is 0 Å². The highest BCUT2D eigenvalue weighted by atomic mass is 35.5. The van der Waals surface area contributed by atoms with E-state index in [0.29, 0.717) is 10.9 Å². The molecule has 1 aromatic heterocycles. The molecule has 4 nitrogen and oxygen atoms in total. The predicted molar refractivity (Wildman–Crippen MR) is 66.5 cm³/mol. The first kappa shape index (κ1) is 13.9. The van der Waals surface area contributed by atoms with E-state index in [0.717, 1.165) is 4.88 Å². The van der Waals surface area contributed by atoms with Crippen molar-refractivity contribution in [3.63, 3.8) is 0 Å². The van der Waals surface area contributed by atoms with Crippen molar-refractivity contribution in [2.75, 3.05) is 26.5 Å². The summed E-state index contributed by atoms with van der Waals surface area (Å²) in [5.74, 6) is -0.000886. The summed E-state index contributed by atoms with van der Waals surface area (Å²) in [7, 11) is -0.205. The number of nitrogens with zero attached hydrogens (tertiary/aromatic N) is 1. The van der Waals surface area contributed by atoms with Gasteiger partial charge in [-0.3, -0.25) is 0 Å². The number of hydrogen-bond acceptors (Lipinski definition) is 4. The molecule has 0 atom stereocenters. The molecule has 0 aliphatic heterocycles. The summed E-state index contributed by atoms with van der Waals surface area (Å²) in [4.78, 5) is 0.925. The third-order valence-corrected chi connectivity index (χ3v) is 5.00. The molecule has 0 fully saturated rings. The van der Waals surface area contributed by atoms with Crippen LogP contribution in [0.3, 0.4) is 0 Å². The molecule has 0 saturated carbocycles. The Bertz CT molecular complexity index is 430. The highest BCUT2D eigenvalue weighted by Gasteiger charge is 2.18. The smallest absolute Gasteiger partial charge is 0.216 e. The molecule has 16 heavy (non-hydrogen) atoms. The Hall–Kier alpha value is -0.140. The summed E-state index contributed by atoms with van der Waals surface area (Å²) in [5, 5.41) is 0. The summed E-state index contributed by atoms with van der Waals surface area (Å²) in [6.45, 7) is 0.557. The molecule has 0 bridgehead atoms. The van der Waals surface area contributed by atoms with Gasteiger partial charge in [-0.15, -0.1) is 11.3 Å². The van der Waals surface area contributed by atoms with Crippen LogP contribution in [0.5, 0.6) is 0 Å². The van der Waals surface area contributed by atoms with Crippen LogP contribution in [-0.4, -0.2) is 39.2 Å². The van der Waals surface area contributed by atoms with E-state index in [1.807, 2.05) is 6.07 Å². The van der Waals surface area contributed by atoms with E-state index in [4.69, 9.17) is 16.3 Å². The van der Waals surface area contributed by atoms with Crippen LogP contribution in [0.1, 0.15) is 4.88 Å². The van der Waals surface area contributed by atoms with E-state index in [-0.39, 0.29) is 12.4 Å². The Morgan fingerprint density at radius 1 is 1.50 bits per heavy atom. The first-order chi connectivity index (χ1) is 7.45. The lowest BCUT2D eigenvalue weighted by Gasteiger charge is -2.15. The molecule has 0 radical (unpaired) electrons. The lowest BCUT2D eigenvalue weighted by molar-refractivity contribution is 0.215. The number of ether oxygens (including phenoxy) is 1. The van der Waals surface area contributed by atoms with Crippen molar-refractivity contribution in [1.29, 1.82) is 0 Å². The van der Waals surface area contributed by atoms with Crippen molar-refractivity contribution >= 4 is 33.0 Å². The topological polar surface area (TPSA) is 46.6 Å². The molecule has 0 aliphatic carbocycles. The van der Waals surface area contributed by atoms with Gasteiger partial charge in [0.1, 0.15) is 0 Å². The van der Waals surface area contributed by atoms with E-state index in [1.165, 1.54) is 22.8 Å². The van der Waals surface area contributed by atoms with Crippen LogP contribution < -0.4 is 0 Å². The van der Waals surface area contributed by atoms with Crippen molar-refractivity contribution < 1.29 is 13.2 Å². The monoisotopic (exact) mass is 283 g/mol. The highest BCUT2D eigenvalue weighted by Crippen LogP contribution is 2.23.